The molecule has 0 aliphatic rings. The van der Waals surface area contributed by atoms with Gasteiger partial charge in [0.15, 0.2) is 34.2 Å². The van der Waals surface area contributed by atoms with E-state index in [2.05, 4.69) is 91.7 Å². The van der Waals surface area contributed by atoms with Crippen LogP contribution in [-0.4, -0.2) is 107 Å². The van der Waals surface area contributed by atoms with Crippen LogP contribution in [0.3, 0.4) is 0 Å². The molecule has 0 radical (unpaired) electrons. The second-order valence-electron chi connectivity index (χ2n) is 24.3. The summed E-state index contributed by atoms with van der Waals surface area (Å²) in [5.74, 6) is -2.26. The molecule has 9 aromatic heterocycles. The van der Waals surface area contributed by atoms with Crippen molar-refractivity contribution < 1.29 is 47.0 Å². The van der Waals surface area contributed by atoms with Gasteiger partial charge in [-0.15, -0.1) is 34.0 Å². The number of nitrogens with zero attached hydrogens (tertiary/aromatic N) is 12. The number of rotatable bonds is 25. The number of pyridine rings is 3. The minimum atomic E-state index is -1.15. The normalized spacial score (nSPS) is 11.7. The summed E-state index contributed by atoms with van der Waals surface area (Å²) in [7, 11) is 0. The van der Waals surface area contributed by atoms with Crippen LogP contribution in [0.25, 0.3) is 31.0 Å². The third-order valence-corrected chi connectivity index (χ3v) is 18.4. The first-order chi connectivity index (χ1) is 50.7. The van der Waals surface area contributed by atoms with Crippen molar-refractivity contribution in [3.63, 3.8) is 0 Å². The summed E-state index contributed by atoms with van der Waals surface area (Å²) in [5.41, 5.74) is 14.8. The van der Waals surface area contributed by atoms with Gasteiger partial charge < -0.3 is 42.7 Å². The molecule has 548 valence electrons. The lowest BCUT2D eigenvalue weighted by Crippen LogP contribution is -2.13. The highest BCUT2D eigenvalue weighted by Crippen LogP contribution is 2.31. The number of Topliss-reactive ketones (excluding diaryl/α,β-unsaturated/α-hetero) is 2. The van der Waals surface area contributed by atoms with E-state index >= 15 is 0 Å². The predicted molar refractivity (Wildman–Crippen MR) is 405 cm³/mol. The number of aryl methyl sites for hydroxylation is 5. The number of carboxylic acids is 1. The van der Waals surface area contributed by atoms with E-state index < -0.39 is 23.4 Å². The average molecular weight is 1500 g/mol. The van der Waals surface area contributed by atoms with Crippen LogP contribution in [0.5, 0.6) is 0 Å². The Morgan fingerprint density at radius 3 is 1.00 bits per heavy atom. The van der Waals surface area contributed by atoms with Gasteiger partial charge in [-0.2, -0.15) is 15.0 Å². The van der Waals surface area contributed by atoms with Crippen molar-refractivity contribution in [3.8, 4) is 0 Å². The molecule has 0 saturated heterocycles. The van der Waals surface area contributed by atoms with E-state index in [9.17, 15) is 47.0 Å². The molecular formula is C74H76F3N19O7S3. The van der Waals surface area contributed by atoms with Crippen LogP contribution in [0.4, 0.5) is 48.1 Å². The summed E-state index contributed by atoms with van der Waals surface area (Å²) in [6, 6.07) is 26.0. The summed E-state index contributed by atoms with van der Waals surface area (Å²) in [6.07, 6.45) is 12.3. The lowest BCUT2D eigenvalue weighted by atomic mass is 10.0. The maximum absolute atomic E-state index is 13.6. The van der Waals surface area contributed by atoms with Crippen LogP contribution in [-0.2, 0) is 33.6 Å². The molecule has 0 spiro atoms. The molecule has 0 bridgehead atoms. The molecule has 12 aromatic rings. The number of hydrogen-bond donors (Lipinski definition) is 8. The topological polar surface area (TPSA) is 376 Å². The Labute approximate surface area is 619 Å². The van der Waals surface area contributed by atoms with Gasteiger partial charge in [0.25, 0.3) is 0 Å². The number of amides is 3. The van der Waals surface area contributed by atoms with Gasteiger partial charge in [-0.3, -0.25) is 38.9 Å². The number of halogens is 3. The number of aromatic nitrogens is 12. The van der Waals surface area contributed by atoms with E-state index in [4.69, 9.17) is 5.73 Å². The second kappa shape index (κ2) is 37.2. The van der Waals surface area contributed by atoms with Crippen molar-refractivity contribution in [2.45, 2.75) is 125 Å². The lowest BCUT2D eigenvalue weighted by molar-refractivity contribution is -0.115. The SMILES string of the molecule is CC(=O)Nc1ccc(CCCC(=O)c2nc(N[C@@H](C)c3cncc(F)c3)nc3nc(C)sc23)cc1.CC(=O)Nc1ccc(CCCC(=O)c2nc(N[C@@H](C)c3cncc(F)c3)nc3nc(C)sc23)cc1.CC(=O)Nc1ccc(CCN)cc1.Cc1nc2nc(N[C@@H](C)c3cncc(F)c3)nc(C(=O)O)c2s1. The first-order valence-electron chi connectivity index (χ1n) is 33.4. The van der Waals surface area contributed by atoms with E-state index in [-0.39, 0.29) is 71.0 Å². The van der Waals surface area contributed by atoms with Crippen LogP contribution >= 0.6 is 34.0 Å². The standard InChI is InChI=1S/2C25H25FN6O2S.C14H12FN5O2S.C10H14N2O/c2*1-14(18-11-19(26)13-27-12-18)28-25-31-22(23-24(32-25)30-16(3)35-23)21(34)6-4-5-17-7-9-20(10-8-17)29-15(2)33;1-6(8-3-9(15)5-16-4-8)17-14-19-10(13(21)22)11-12(20-14)18-7(2)23-11;1-8(13)12-10-4-2-9(3-5-10)6-7-11/h2*7-14H,4-6H2,1-3H3,(H,29,33)(H,28,31,32);3-6H,1-2H3,(H,21,22)(H,17,19,20);2-5H,6-7,11H2,1H3,(H,12,13)/t2*14-;6-;/m000./s1. The Balaban J connectivity index is 0.000000172. The lowest BCUT2D eigenvalue weighted by Gasteiger charge is -2.14. The molecule has 12 rings (SSSR count). The molecule has 9 N–H and O–H groups in total. The van der Waals surface area contributed by atoms with Crippen molar-refractivity contribution in [3.05, 3.63) is 211 Å². The van der Waals surface area contributed by atoms with Gasteiger partial charge in [-0.25, -0.2) is 47.9 Å². The number of fused-ring (bicyclic) bond motifs is 3. The number of carboxylic acid groups (broad SMARTS) is 1. The van der Waals surface area contributed by atoms with E-state index in [1.54, 1.807) is 26.2 Å². The van der Waals surface area contributed by atoms with Crippen molar-refractivity contribution in [2.75, 3.05) is 38.4 Å². The third kappa shape index (κ3) is 22.9. The first-order valence-corrected chi connectivity index (χ1v) is 35.8. The Morgan fingerprint density at radius 2 is 0.717 bits per heavy atom. The minimum Gasteiger partial charge on any atom is -0.476 e. The second-order valence-corrected chi connectivity index (χ2v) is 27.9. The average Bonchev–Trinajstić information content (AvgIpc) is 1.63. The van der Waals surface area contributed by atoms with Crippen LogP contribution < -0.4 is 37.6 Å². The zero-order valence-corrected chi connectivity index (χ0v) is 61.7. The molecule has 26 nitrogen and oxygen atoms in total. The number of benzene rings is 3. The van der Waals surface area contributed by atoms with Crippen molar-refractivity contribution in [2.24, 2.45) is 5.73 Å². The van der Waals surface area contributed by atoms with E-state index in [1.165, 1.54) is 84.7 Å². The molecule has 106 heavy (non-hydrogen) atoms. The molecular weight excluding hydrogens is 1420 g/mol. The number of ketones is 2. The Morgan fingerprint density at radius 1 is 0.425 bits per heavy atom. The summed E-state index contributed by atoms with van der Waals surface area (Å²) < 4.78 is 42.1. The minimum absolute atomic E-state index is 0.0495. The summed E-state index contributed by atoms with van der Waals surface area (Å²) in [6.45, 7) is 16.0. The largest absolute Gasteiger partial charge is 0.476 e. The number of nitrogens with one attached hydrogen (secondary N) is 6. The van der Waals surface area contributed by atoms with Gasteiger partial charge in [0.1, 0.15) is 42.9 Å². The molecule has 32 heteroatoms. The Hall–Kier alpha value is -11.6. The number of thiazole rings is 3. The first kappa shape index (κ1) is 78.5. The van der Waals surface area contributed by atoms with Gasteiger partial charge in [0, 0.05) is 69.3 Å². The maximum Gasteiger partial charge on any atom is 0.356 e. The molecule has 0 aliphatic heterocycles. The molecule has 3 aromatic carbocycles. The van der Waals surface area contributed by atoms with Gasteiger partial charge in [0.2, 0.25) is 35.6 Å². The van der Waals surface area contributed by atoms with Crippen LogP contribution in [0, 0.1) is 38.2 Å². The van der Waals surface area contributed by atoms with Crippen molar-refractivity contribution in [1.82, 2.24) is 59.8 Å². The summed E-state index contributed by atoms with van der Waals surface area (Å²) in [5, 5.41) is 29.0. The van der Waals surface area contributed by atoms with Gasteiger partial charge in [0.05, 0.1) is 51.7 Å². The Kier molecular flexibility index (Phi) is 27.6. The number of nitrogens with two attached hydrogens (primary N) is 1. The molecule has 3 amide bonds. The Bertz CT molecular complexity index is 4900. The molecule has 0 aliphatic carbocycles. The van der Waals surface area contributed by atoms with Crippen LogP contribution in [0.15, 0.2) is 128 Å². The third-order valence-electron chi connectivity index (χ3n) is 15.5. The molecule has 0 unspecified atom stereocenters. The summed E-state index contributed by atoms with van der Waals surface area (Å²) in [4.78, 5) is 122. The van der Waals surface area contributed by atoms with Crippen LogP contribution in [0.2, 0.25) is 0 Å². The van der Waals surface area contributed by atoms with Gasteiger partial charge in [-0.1, -0.05) is 36.4 Å². The highest BCUT2D eigenvalue weighted by molar-refractivity contribution is 7.19. The van der Waals surface area contributed by atoms with Gasteiger partial charge >= 0.3 is 5.97 Å². The highest BCUT2D eigenvalue weighted by atomic mass is 32.1. The number of hydrogen-bond acceptors (Lipinski definition) is 25. The van der Waals surface area contributed by atoms with E-state index in [1.807, 2.05) is 100 Å². The smallest absolute Gasteiger partial charge is 0.356 e. The zero-order valence-electron chi connectivity index (χ0n) is 59.2. The van der Waals surface area contributed by atoms with Gasteiger partial charge in [-0.05, 0) is 168 Å². The van der Waals surface area contributed by atoms with E-state index in [0.717, 1.165) is 76.1 Å². The number of aromatic carboxylic acids is 1. The monoisotopic (exact) mass is 1500 g/mol. The molecule has 0 saturated carbocycles. The fraction of sp³-hybridized carbons (Fsp3) is 0.270. The van der Waals surface area contributed by atoms with Crippen molar-refractivity contribution >= 4 is 135 Å². The van der Waals surface area contributed by atoms with Crippen LogP contribution in [0.1, 0.15) is 165 Å². The highest BCUT2D eigenvalue weighted by Gasteiger charge is 2.23. The molecule has 0 fully saturated rings. The maximum atomic E-state index is 13.6. The quantitative estimate of drug-likeness (QED) is 0.0246. The summed E-state index contributed by atoms with van der Waals surface area (Å²) >= 11 is 4.01. The predicted octanol–water partition coefficient (Wildman–Crippen LogP) is 14.5. The molecule has 3 atom stereocenters. The number of carbonyl (C=O) groups is 6. The zero-order chi connectivity index (χ0) is 76.1. The number of carbonyl (C=O) groups excluding carboxylic acids is 5. The number of anilines is 6. The fourth-order valence-corrected chi connectivity index (χ4v) is 13.1. The van der Waals surface area contributed by atoms with Crippen molar-refractivity contribution in [1.29, 1.82) is 0 Å². The molecule has 9 heterocycles. The fourth-order valence-electron chi connectivity index (χ4n) is 10.5. The van der Waals surface area contributed by atoms with E-state index in [0.29, 0.717) is 96.4 Å².